The van der Waals surface area contributed by atoms with E-state index in [4.69, 9.17) is 9.47 Å². The number of nitrogens with one attached hydrogen (secondary N) is 1. The van der Waals surface area contributed by atoms with Gasteiger partial charge in [-0.3, -0.25) is 0 Å². The Labute approximate surface area is 113 Å². The summed E-state index contributed by atoms with van der Waals surface area (Å²) in [5.74, 6) is 0. The molecule has 0 spiro atoms. The molecule has 1 aliphatic carbocycles. The standard InChI is InChI=1S/C15H31NO2/c1-6-9-12(11-17-5)16-13-10-14(18-8-3)15(13,4)7-2/h12-14,16H,6-11H2,1-5H3. The van der Waals surface area contributed by atoms with Crippen LogP contribution >= 0.6 is 0 Å². The molecule has 0 aromatic rings. The average molecular weight is 257 g/mol. The van der Waals surface area contributed by atoms with Gasteiger partial charge in [0.05, 0.1) is 12.7 Å². The van der Waals surface area contributed by atoms with Gasteiger partial charge in [-0.15, -0.1) is 0 Å². The summed E-state index contributed by atoms with van der Waals surface area (Å²) in [6, 6.07) is 1.06. The van der Waals surface area contributed by atoms with Crippen LogP contribution in [0.25, 0.3) is 0 Å². The fraction of sp³-hybridized carbons (Fsp3) is 1.00. The van der Waals surface area contributed by atoms with Gasteiger partial charge in [0.25, 0.3) is 0 Å². The van der Waals surface area contributed by atoms with E-state index in [1.807, 2.05) is 0 Å². The second-order valence-electron chi connectivity index (χ2n) is 5.70. The zero-order valence-corrected chi connectivity index (χ0v) is 12.8. The first-order valence-electron chi connectivity index (χ1n) is 7.48. The Bertz CT molecular complexity index is 229. The van der Waals surface area contributed by atoms with Crippen molar-refractivity contribution in [1.82, 2.24) is 5.32 Å². The van der Waals surface area contributed by atoms with Crippen LogP contribution in [0.2, 0.25) is 0 Å². The summed E-state index contributed by atoms with van der Waals surface area (Å²) in [5.41, 5.74) is 0.287. The maximum absolute atomic E-state index is 5.84. The van der Waals surface area contributed by atoms with E-state index in [-0.39, 0.29) is 5.41 Å². The van der Waals surface area contributed by atoms with Gasteiger partial charge in [0.2, 0.25) is 0 Å². The van der Waals surface area contributed by atoms with E-state index in [1.165, 1.54) is 19.3 Å². The first kappa shape index (κ1) is 15.9. The van der Waals surface area contributed by atoms with Gasteiger partial charge in [-0.1, -0.05) is 27.2 Å². The summed E-state index contributed by atoms with van der Waals surface area (Å²) in [5, 5.41) is 3.78. The van der Waals surface area contributed by atoms with E-state index in [0.29, 0.717) is 18.2 Å². The van der Waals surface area contributed by atoms with Gasteiger partial charge in [-0.2, -0.15) is 0 Å². The predicted octanol–water partition coefficient (Wildman–Crippen LogP) is 2.98. The molecule has 1 saturated carbocycles. The number of rotatable bonds is 9. The highest BCUT2D eigenvalue weighted by Gasteiger charge is 2.51. The molecular weight excluding hydrogens is 226 g/mol. The first-order valence-corrected chi connectivity index (χ1v) is 7.48. The molecule has 0 aromatic carbocycles. The largest absolute Gasteiger partial charge is 0.383 e. The lowest BCUT2D eigenvalue weighted by atomic mass is 9.61. The van der Waals surface area contributed by atoms with Crippen molar-refractivity contribution in [1.29, 1.82) is 0 Å². The molecular formula is C15H31NO2. The Balaban J connectivity index is 2.51. The summed E-state index contributed by atoms with van der Waals surface area (Å²) in [4.78, 5) is 0. The Kier molecular flexibility index (Phi) is 6.61. The summed E-state index contributed by atoms with van der Waals surface area (Å²) < 4.78 is 11.2. The molecule has 3 nitrogen and oxygen atoms in total. The predicted molar refractivity (Wildman–Crippen MR) is 75.9 cm³/mol. The topological polar surface area (TPSA) is 30.5 Å². The van der Waals surface area contributed by atoms with Crippen LogP contribution in [0.1, 0.15) is 53.4 Å². The summed E-state index contributed by atoms with van der Waals surface area (Å²) >= 11 is 0. The van der Waals surface area contributed by atoms with Crippen molar-refractivity contribution in [2.45, 2.75) is 71.6 Å². The second kappa shape index (κ2) is 7.46. The molecule has 0 bridgehead atoms. The minimum atomic E-state index is 0.287. The molecule has 0 radical (unpaired) electrons. The molecule has 1 N–H and O–H groups in total. The molecule has 18 heavy (non-hydrogen) atoms. The van der Waals surface area contributed by atoms with Gasteiger partial charge in [0.1, 0.15) is 0 Å². The number of methoxy groups -OCH3 is 1. The molecule has 4 atom stereocenters. The van der Waals surface area contributed by atoms with Crippen molar-refractivity contribution in [2.24, 2.45) is 5.41 Å². The minimum absolute atomic E-state index is 0.287. The minimum Gasteiger partial charge on any atom is -0.383 e. The lowest BCUT2D eigenvalue weighted by Gasteiger charge is -2.54. The van der Waals surface area contributed by atoms with Crippen LogP contribution in [0.4, 0.5) is 0 Å². The van der Waals surface area contributed by atoms with E-state index in [9.17, 15) is 0 Å². The van der Waals surface area contributed by atoms with E-state index < -0.39 is 0 Å². The monoisotopic (exact) mass is 257 g/mol. The van der Waals surface area contributed by atoms with Crippen molar-refractivity contribution in [3.63, 3.8) is 0 Å². The fourth-order valence-electron chi connectivity index (χ4n) is 3.06. The van der Waals surface area contributed by atoms with Crippen molar-refractivity contribution in [3.8, 4) is 0 Å². The van der Waals surface area contributed by atoms with Crippen molar-refractivity contribution < 1.29 is 9.47 Å². The van der Waals surface area contributed by atoms with Crippen molar-refractivity contribution >= 4 is 0 Å². The number of hydrogen-bond acceptors (Lipinski definition) is 3. The molecule has 4 unspecified atom stereocenters. The maximum atomic E-state index is 5.84. The Morgan fingerprint density at radius 1 is 1.33 bits per heavy atom. The fourth-order valence-corrected chi connectivity index (χ4v) is 3.06. The molecule has 0 aliphatic heterocycles. The maximum Gasteiger partial charge on any atom is 0.0658 e. The molecule has 108 valence electrons. The van der Waals surface area contributed by atoms with Crippen molar-refractivity contribution in [3.05, 3.63) is 0 Å². The Hall–Kier alpha value is -0.120. The van der Waals surface area contributed by atoms with E-state index in [1.54, 1.807) is 7.11 Å². The Morgan fingerprint density at radius 3 is 2.56 bits per heavy atom. The normalized spacial score (nSPS) is 33.2. The summed E-state index contributed by atoms with van der Waals surface area (Å²) in [6.45, 7) is 10.6. The summed E-state index contributed by atoms with van der Waals surface area (Å²) in [6.07, 6.45) is 5.12. The average Bonchev–Trinajstić information content (AvgIpc) is 2.37. The van der Waals surface area contributed by atoms with Crippen LogP contribution in [-0.2, 0) is 9.47 Å². The van der Waals surface area contributed by atoms with E-state index >= 15 is 0 Å². The van der Waals surface area contributed by atoms with Crippen LogP contribution in [0.15, 0.2) is 0 Å². The molecule has 0 saturated heterocycles. The quantitative estimate of drug-likeness (QED) is 0.689. The highest BCUT2D eigenvalue weighted by atomic mass is 16.5. The van der Waals surface area contributed by atoms with Crippen LogP contribution in [0, 0.1) is 5.41 Å². The highest BCUT2D eigenvalue weighted by Crippen LogP contribution is 2.46. The highest BCUT2D eigenvalue weighted by molar-refractivity contribution is 5.05. The molecule has 0 aromatic heterocycles. The van der Waals surface area contributed by atoms with Gasteiger partial charge in [0.15, 0.2) is 0 Å². The third-order valence-electron chi connectivity index (χ3n) is 4.55. The molecule has 0 heterocycles. The van der Waals surface area contributed by atoms with Gasteiger partial charge >= 0.3 is 0 Å². The molecule has 1 aliphatic rings. The van der Waals surface area contributed by atoms with Gasteiger partial charge in [-0.05, 0) is 26.2 Å². The van der Waals surface area contributed by atoms with E-state index in [0.717, 1.165) is 19.6 Å². The van der Waals surface area contributed by atoms with E-state index in [2.05, 4.69) is 33.0 Å². The lowest BCUT2D eigenvalue weighted by molar-refractivity contribution is -0.129. The third-order valence-corrected chi connectivity index (χ3v) is 4.55. The lowest BCUT2D eigenvalue weighted by Crippen LogP contribution is -2.64. The zero-order chi connectivity index (χ0) is 13.6. The van der Waals surface area contributed by atoms with Crippen LogP contribution in [0.3, 0.4) is 0 Å². The van der Waals surface area contributed by atoms with Gasteiger partial charge < -0.3 is 14.8 Å². The Morgan fingerprint density at radius 2 is 2.06 bits per heavy atom. The molecule has 1 fully saturated rings. The van der Waals surface area contributed by atoms with Gasteiger partial charge in [0, 0.05) is 31.2 Å². The number of ether oxygens (including phenoxy) is 2. The number of hydrogen-bond donors (Lipinski definition) is 1. The smallest absolute Gasteiger partial charge is 0.0658 e. The van der Waals surface area contributed by atoms with Crippen LogP contribution in [0.5, 0.6) is 0 Å². The first-order chi connectivity index (χ1) is 8.62. The van der Waals surface area contributed by atoms with Crippen molar-refractivity contribution in [2.75, 3.05) is 20.3 Å². The van der Waals surface area contributed by atoms with Crippen LogP contribution < -0.4 is 5.32 Å². The summed E-state index contributed by atoms with van der Waals surface area (Å²) in [7, 11) is 1.78. The third kappa shape index (κ3) is 3.46. The second-order valence-corrected chi connectivity index (χ2v) is 5.70. The molecule has 3 heteroatoms. The SMILES string of the molecule is CCCC(COC)NC1CC(OCC)C1(C)CC. The van der Waals surface area contributed by atoms with Crippen LogP contribution in [-0.4, -0.2) is 38.5 Å². The zero-order valence-electron chi connectivity index (χ0n) is 12.8. The van der Waals surface area contributed by atoms with Gasteiger partial charge in [-0.25, -0.2) is 0 Å². The molecule has 0 amide bonds. The molecule has 1 rings (SSSR count).